The monoisotopic (exact) mass is 354 g/mol. The predicted octanol–water partition coefficient (Wildman–Crippen LogP) is 5.87. The first-order valence-corrected chi connectivity index (χ1v) is 8.81. The Hall–Kier alpha value is -1.46. The molecule has 0 aromatic heterocycles. The molecule has 0 spiro atoms. The van der Waals surface area contributed by atoms with Gasteiger partial charge in [0, 0.05) is 17.3 Å². The van der Waals surface area contributed by atoms with Crippen LogP contribution in [0.3, 0.4) is 0 Å². The van der Waals surface area contributed by atoms with Crippen molar-refractivity contribution in [1.29, 1.82) is 0 Å². The van der Waals surface area contributed by atoms with Crippen molar-refractivity contribution in [3.63, 3.8) is 0 Å². The molecule has 1 nitrogen and oxygen atoms in total. The molecule has 1 atom stereocenters. The summed E-state index contributed by atoms with van der Waals surface area (Å²) in [6.45, 7) is 2.40. The standard InChI is InChI=1S/C19H21F3OS/c1-15-7-9-18(10-8-15)24-14-17(19(20,21)22)11-12-23-13-16-5-3-2-4-6-16/h2-10,17H,11-14H2,1H3/t17-/m0/s1. The molecule has 24 heavy (non-hydrogen) atoms. The van der Waals surface area contributed by atoms with Crippen molar-refractivity contribution < 1.29 is 17.9 Å². The first-order chi connectivity index (χ1) is 11.4. The summed E-state index contributed by atoms with van der Waals surface area (Å²) in [5.74, 6) is -1.35. The predicted molar refractivity (Wildman–Crippen MR) is 92.2 cm³/mol. The van der Waals surface area contributed by atoms with Gasteiger partial charge in [0.2, 0.25) is 0 Å². The first kappa shape index (κ1) is 18.9. The number of ether oxygens (including phenoxy) is 1. The SMILES string of the molecule is Cc1ccc(SC[C@H](CCOCc2ccccc2)C(F)(F)F)cc1. The second kappa shape index (κ2) is 9.14. The number of thioether (sulfide) groups is 1. The minimum atomic E-state index is -4.20. The number of aryl methyl sites for hydroxylation is 1. The average molecular weight is 354 g/mol. The van der Waals surface area contributed by atoms with Gasteiger partial charge in [0.15, 0.2) is 0 Å². The highest BCUT2D eigenvalue weighted by atomic mass is 32.2. The molecule has 0 saturated heterocycles. The van der Waals surface area contributed by atoms with Crippen molar-refractivity contribution in [3.05, 3.63) is 65.7 Å². The Bertz CT molecular complexity index is 596. The van der Waals surface area contributed by atoms with Crippen LogP contribution in [0.25, 0.3) is 0 Å². The van der Waals surface area contributed by atoms with Crippen molar-refractivity contribution in [2.75, 3.05) is 12.4 Å². The third-order valence-corrected chi connectivity index (χ3v) is 4.83. The number of halogens is 3. The molecule has 2 aromatic carbocycles. The highest BCUT2D eigenvalue weighted by Gasteiger charge is 2.38. The van der Waals surface area contributed by atoms with Crippen LogP contribution in [0.4, 0.5) is 13.2 Å². The quantitative estimate of drug-likeness (QED) is 0.433. The van der Waals surface area contributed by atoms with Gasteiger partial charge in [-0.1, -0.05) is 48.0 Å². The Morgan fingerprint density at radius 3 is 2.29 bits per heavy atom. The zero-order valence-electron chi connectivity index (χ0n) is 13.6. The van der Waals surface area contributed by atoms with E-state index < -0.39 is 12.1 Å². The molecule has 5 heteroatoms. The molecule has 0 amide bonds. The highest BCUT2D eigenvalue weighted by Crippen LogP contribution is 2.34. The molecule has 0 fully saturated rings. The number of hydrogen-bond donors (Lipinski definition) is 0. The largest absolute Gasteiger partial charge is 0.392 e. The van der Waals surface area contributed by atoms with Crippen molar-refractivity contribution in [2.45, 2.75) is 31.0 Å². The van der Waals surface area contributed by atoms with Crippen LogP contribution in [0.2, 0.25) is 0 Å². The number of alkyl halides is 3. The van der Waals surface area contributed by atoms with E-state index in [1.807, 2.05) is 61.5 Å². The van der Waals surface area contributed by atoms with E-state index in [1.165, 1.54) is 11.8 Å². The fraction of sp³-hybridized carbons (Fsp3) is 0.368. The lowest BCUT2D eigenvalue weighted by molar-refractivity contribution is -0.172. The lowest BCUT2D eigenvalue weighted by Gasteiger charge is -2.20. The highest BCUT2D eigenvalue weighted by molar-refractivity contribution is 7.99. The summed E-state index contributed by atoms with van der Waals surface area (Å²) in [6.07, 6.45) is -4.22. The Labute approximate surface area is 145 Å². The first-order valence-electron chi connectivity index (χ1n) is 7.83. The average Bonchev–Trinajstić information content (AvgIpc) is 2.55. The van der Waals surface area contributed by atoms with Gasteiger partial charge in [-0.25, -0.2) is 0 Å². The normalized spacial score (nSPS) is 13.0. The van der Waals surface area contributed by atoms with Crippen LogP contribution in [0.15, 0.2) is 59.5 Å². The van der Waals surface area contributed by atoms with E-state index in [4.69, 9.17) is 4.74 Å². The van der Waals surface area contributed by atoms with Crippen molar-refractivity contribution in [2.24, 2.45) is 5.92 Å². The zero-order valence-corrected chi connectivity index (χ0v) is 14.4. The van der Waals surface area contributed by atoms with Gasteiger partial charge < -0.3 is 4.74 Å². The van der Waals surface area contributed by atoms with Crippen LogP contribution in [0.1, 0.15) is 17.5 Å². The summed E-state index contributed by atoms with van der Waals surface area (Å²) in [5, 5.41) is 0. The Morgan fingerprint density at radius 2 is 1.67 bits per heavy atom. The van der Waals surface area contributed by atoms with Crippen LogP contribution in [0.5, 0.6) is 0 Å². The second-order valence-electron chi connectivity index (χ2n) is 5.69. The van der Waals surface area contributed by atoms with Crippen molar-refractivity contribution >= 4 is 11.8 Å². The van der Waals surface area contributed by atoms with Gasteiger partial charge in [-0.2, -0.15) is 13.2 Å². The molecule has 0 saturated carbocycles. The van der Waals surface area contributed by atoms with E-state index in [-0.39, 0.29) is 18.8 Å². The van der Waals surface area contributed by atoms with Crippen molar-refractivity contribution in [3.8, 4) is 0 Å². The van der Waals surface area contributed by atoms with E-state index in [2.05, 4.69) is 0 Å². The molecule has 0 unspecified atom stereocenters. The third kappa shape index (κ3) is 6.57. The molecular formula is C19H21F3OS. The summed E-state index contributed by atoms with van der Waals surface area (Å²) < 4.78 is 44.9. The Balaban J connectivity index is 1.79. The fourth-order valence-corrected chi connectivity index (χ4v) is 3.24. The van der Waals surface area contributed by atoms with Crippen molar-refractivity contribution in [1.82, 2.24) is 0 Å². The van der Waals surface area contributed by atoms with E-state index in [0.717, 1.165) is 16.0 Å². The fourth-order valence-electron chi connectivity index (χ4n) is 2.16. The maximum absolute atomic E-state index is 13.2. The number of benzene rings is 2. The minimum absolute atomic E-state index is 0.0151. The topological polar surface area (TPSA) is 9.23 Å². The maximum atomic E-state index is 13.2. The van der Waals surface area contributed by atoms with Gasteiger partial charge in [-0.15, -0.1) is 11.8 Å². The molecule has 0 aliphatic rings. The van der Waals surface area contributed by atoms with Gasteiger partial charge in [-0.3, -0.25) is 0 Å². The van der Waals surface area contributed by atoms with E-state index in [9.17, 15) is 13.2 Å². The van der Waals surface area contributed by atoms with E-state index in [0.29, 0.717) is 6.61 Å². The van der Waals surface area contributed by atoms with Crippen LogP contribution in [-0.2, 0) is 11.3 Å². The van der Waals surface area contributed by atoms with Gasteiger partial charge >= 0.3 is 6.18 Å². The molecule has 2 aromatic rings. The van der Waals surface area contributed by atoms with Gasteiger partial charge in [0.05, 0.1) is 12.5 Å². The van der Waals surface area contributed by atoms with E-state index in [1.54, 1.807) is 0 Å². The molecule has 130 valence electrons. The Kier molecular flexibility index (Phi) is 7.18. The summed E-state index contributed by atoms with van der Waals surface area (Å²) in [7, 11) is 0. The maximum Gasteiger partial charge on any atom is 0.392 e. The van der Waals surface area contributed by atoms with Gasteiger partial charge in [0.1, 0.15) is 0 Å². The van der Waals surface area contributed by atoms with E-state index >= 15 is 0 Å². The molecule has 0 bridgehead atoms. The third-order valence-electron chi connectivity index (χ3n) is 3.66. The number of hydrogen-bond acceptors (Lipinski definition) is 2. The van der Waals surface area contributed by atoms with Gasteiger partial charge in [0.25, 0.3) is 0 Å². The lowest BCUT2D eigenvalue weighted by Crippen LogP contribution is -2.26. The van der Waals surface area contributed by atoms with Crippen LogP contribution in [0, 0.1) is 12.8 Å². The summed E-state index contributed by atoms with van der Waals surface area (Å²) >= 11 is 1.24. The summed E-state index contributed by atoms with van der Waals surface area (Å²) in [5.41, 5.74) is 2.07. The molecule has 0 N–H and O–H groups in total. The molecule has 2 rings (SSSR count). The Morgan fingerprint density at radius 1 is 1.00 bits per heavy atom. The summed E-state index contributed by atoms with van der Waals surface area (Å²) in [6, 6.07) is 17.0. The van der Waals surface area contributed by atoms with Crippen LogP contribution < -0.4 is 0 Å². The van der Waals surface area contributed by atoms with Gasteiger partial charge in [-0.05, 0) is 31.0 Å². The summed E-state index contributed by atoms with van der Waals surface area (Å²) in [4.78, 5) is 0.861. The lowest BCUT2D eigenvalue weighted by atomic mass is 10.1. The second-order valence-corrected chi connectivity index (χ2v) is 6.78. The van der Waals surface area contributed by atoms with Crippen LogP contribution in [-0.4, -0.2) is 18.5 Å². The zero-order chi connectivity index (χ0) is 17.4. The molecule has 0 radical (unpaired) electrons. The minimum Gasteiger partial charge on any atom is -0.377 e. The molecule has 0 heterocycles. The number of rotatable bonds is 8. The molecule has 0 aliphatic carbocycles. The molecular weight excluding hydrogens is 333 g/mol. The molecule has 0 aliphatic heterocycles. The smallest absolute Gasteiger partial charge is 0.377 e. The van der Waals surface area contributed by atoms with Crippen LogP contribution >= 0.6 is 11.8 Å².